The van der Waals surface area contributed by atoms with Crippen LogP contribution in [0.15, 0.2) is 48.5 Å². The van der Waals surface area contributed by atoms with Crippen LogP contribution in [0.5, 0.6) is 0 Å². The Hall–Kier alpha value is -2.73. The number of fused-ring (bicyclic) bond motifs is 1. The fourth-order valence-corrected chi connectivity index (χ4v) is 3.79. The molecule has 0 atom stereocenters. The number of aromatic nitrogens is 2. The lowest BCUT2D eigenvalue weighted by Crippen LogP contribution is -2.30. The number of rotatable bonds is 4. The molecule has 2 aromatic carbocycles. The minimum atomic E-state index is -4.31. The second kappa shape index (κ2) is 8.19. The van der Waals surface area contributed by atoms with Gasteiger partial charge in [0.2, 0.25) is 0 Å². The van der Waals surface area contributed by atoms with E-state index in [4.69, 9.17) is 0 Å². The van der Waals surface area contributed by atoms with E-state index in [0.29, 0.717) is 5.56 Å². The molecule has 156 valence electrons. The Morgan fingerprint density at radius 1 is 0.967 bits per heavy atom. The highest BCUT2D eigenvalue weighted by atomic mass is 19.4. The average molecular weight is 411 g/mol. The standard InChI is InChI=1S/C24H24F3N3/c1-16-17(2)29-23-14-18(6-7-22(23)28-16)8-11-30-12-9-19(10-13-30)20-4-3-5-21(15-20)24(25,26)27/h3-7,9,14-15H,8,10-13H2,1-2H3. The van der Waals surface area contributed by atoms with Gasteiger partial charge in [0.05, 0.1) is 28.0 Å². The fraction of sp³-hybridized carbons (Fsp3) is 0.333. The quantitative estimate of drug-likeness (QED) is 0.560. The van der Waals surface area contributed by atoms with Gasteiger partial charge in [-0.15, -0.1) is 0 Å². The van der Waals surface area contributed by atoms with E-state index in [1.807, 2.05) is 19.9 Å². The first-order valence-corrected chi connectivity index (χ1v) is 10.1. The third kappa shape index (κ3) is 4.54. The third-order valence-electron chi connectivity index (χ3n) is 5.71. The molecular formula is C24H24F3N3. The summed E-state index contributed by atoms with van der Waals surface area (Å²) in [6.07, 6.45) is -0.601. The zero-order valence-electron chi connectivity index (χ0n) is 17.1. The molecule has 0 amide bonds. The van der Waals surface area contributed by atoms with Crippen LogP contribution in [0.4, 0.5) is 13.2 Å². The van der Waals surface area contributed by atoms with Gasteiger partial charge in [-0.3, -0.25) is 4.90 Å². The molecule has 0 bridgehead atoms. The minimum Gasteiger partial charge on any atom is -0.299 e. The highest BCUT2D eigenvalue weighted by molar-refractivity contribution is 5.75. The number of nitrogens with zero attached hydrogens (tertiary/aromatic N) is 3. The van der Waals surface area contributed by atoms with Gasteiger partial charge in [0.15, 0.2) is 0 Å². The Morgan fingerprint density at radius 2 is 1.73 bits per heavy atom. The Morgan fingerprint density at radius 3 is 2.43 bits per heavy atom. The molecule has 4 rings (SSSR count). The largest absolute Gasteiger partial charge is 0.416 e. The molecule has 3 aromatic rings. The van der Waals surface area contributed by atoms with E-state index in [2.05, 4.69) is 33.1 Å². The van der Waals surface area contributed by atoms with E-state index >= 15 is 0 Å². The fourth-order valence-electron chi connectivity index (χ4n) is 3.79. The topological polar surface area (TPSA) is 29.0 Å². The Labute approximate surface area is 174 Å². The van der Waals surface area contributed by atoms with Crippen LogP contribution in [0.25, 0.3) is 16.6 Å². The van der Waals surface area contributed by atoms with Crippen molar-refractivity contribution in [1.29, 1.82) is 0 Å². The molecular weight excluding hydrogens is 387 g/mol. The molecule has 1 aromatic heterocycles. The van der Waals surface area contributed by atoms with Crippen molar-refractivity contribution in [3.8, 4) is 0 Å². The van der Waals surface area contributed by atoms with Crippen molar-refractivity contribution < 1.29 is 13.2 Å². The molecule has 1 aliphatic heterocycles. The number of halogens is 3. The first-order valence-electron chi connectivity index (χ1n) is 10.1. The van der Waals surface area contributed by atoms with Gasteiger partial charge < -0.3 is 0 Å². The average Bonchev–Trinajstić information content (AvgIpc) is 2.73. The first-order chi connectivity index (χ1) is 14.3. The SMILES string of the molecule is Cc1nc2ccc(CCN3CC=C(c4cccc(C(F)(F)F)c4)CC3)cc2nc1C. The lowest BCUT2D eigenvalue weighted by atomic mass is 9.97. The van der Waals surface area contributed by atoms with Crippen LogP contribution in [0.1, 0.15) is 34.5 Å². The second-order valence-electron chi connectivity index (χ2n) is 7.83. The molecule has 0 fully saturated rings. The summed E-state index contributed by atoms with van der Waals surface area (Å²) in [7, 11) is 0. The first kappa shape index (κ1) is 20.5. The number of hydrogen-bond acceptors (Lipinski definition) is 3. The second-order valence-corrected chi connectivity index (χ2v) is 7.83. The maximum absolute atomic E-state index is 13.0. The van der Waals surface area contributed by atoms with Crippen LogP contribution in [0.2, 0.25) is 0 Å². The van der Waals surface area contributed by atoms with Gasteiger partial charge in [0, 0.05) is 19.6 Å². The van der Waals surface area contributed by atoms with Crippen LogP contribution in [-0.2, 0) is 12.6 Å². The summed E-state index contributed by atoms with van der Waals surface area (Å²) in [4.78, 5) is 11.5. The van der Waals surface area contributed by atoms with Gasteiger partial charge in [-0.2, -0.15) is 13.2 Å². The van der Waals surface area contributed by atoms with E-state index in [9.17, 15) is 13.2 Å². The van der Waals surface area contributed by atoms with E-state index in [-0.39, 0.29) is 0 Å². The van der Waals surface area contributed by atoms with Gasteiger partial charge >= 0.3 is 6.18 Å². The smallest absolute Gasteiger partial charge is 0.299 e. The Kier molecular flexibility index (Phi) is 5.60. The highest BCUT2D eigenvalue weighted by Gasteiger charge is 2.30. The molecule has 0 radical (unpaired) electrons. The van der Waals surface area contributed by atoms with E-state index in [1.54, 1.807) is 6.07 Å². The van der Waals surface area contributed by atoms with Gasteiger partial charge in [0.25, 0.3) is 0 Å². The van der Waals surface area contributed by atoms with E-state index in [1.165, 1.54) is 17.7 Å². The lowest BCUT2D eigenvalue weighted by molar-refractivity contribution is -0.137. The van der Waals surface area contributed by atoms with Crippen molar-refractivity contribution in [2.45, 2.75) is 32.9 Å². The van der Waals surface area contributed by atoms with Crippen LogP contribution in [0.3, 0.4) is 0 Å². The zero-order valence-corrected chi connectivity index (χ0v) is 17.1. The van der Waals surface area contributed by atoms with Gasteiger partial charge in [-0.1, -0.05) is 24.3 Å². The normalized spacial score (nSPS) is 15.4. The van der Waals surface area contributed by atoms with Crippen molar-refractivity contribution >= 4 is 16.6 Å². The summed E-state index contributed by atoms with van der Waals surface area (Å²) in [6.45, 7) is 6.42. The van der Waals surface area contributed by atoms with Gasteiger partial charge in [-0.05, 0) is 67.7 Å². The summed E-state index contributed by atoms with van der Waals surface area (Å²) in [5.74, 6) is 0. The van der Waals surface area contributed by atoms with Crippen molar-refractivity contribution in [2.24, 2.45) is 0 Å². The lowest BCUT2D eigenvalue weighted by Gasteiger charge is -2.26. The summed E-state index contributed by atoms with van der Waals surface area (Å²) in [5.41, 5.74) is 6.01. The molecule has 0 aliphatic carbocycles. The minimum absolute atomic E-state index is 0.590. The van der Waals surface area contributed by atoms with Crippen LogP contribution < -0.4 is 0 Å². The predicted molar refractivity (Wildman–Crippen MR) is 113 cm³/mol. The van der Waals surface area contributed by atoms with Gasteiger partial charge in [-0.25, -0.2) is 9.97 Å². The molecule has 2 heterocycles. The zero-order chi connectivity index (χ0) is 21.3. The maximum Gasteiger partial charge on any atom is 0.416 e. The summed E-state index contributed by atoms with van der Waals surface area (Å²) in [6, 6.07) is 11.8. The molecule has 30 heavy (non-hydrogen) atoms. The molecule has 3 nitrogen and oxygen atoms in total. The maximum atomic E-state index is 13.0. The van der Waals surface area contributed by atoms with Crippen LogP contribution >= 0.6 is 0 Å². The molecule has 0 saturated carbocycles. The van der Waals surface area contributed by atoms with Crippen molar-refractivity contribution in [2.75, 3.05) is 19.6 Å². The molecule has 6 heteroatoms. The highest BCUT2D eigenvalue weighted by Crippen LogP contribution is 2.32. The van der Waals surface area contributed by atoms with Crippen molar-refractivity contribution in [1.82, 2.24) is 14.9 Å². The van der Waals surface area contributed by atoms with E-state index < -0.39 is 11.7 Å². The van der Waals surface area contributed by atoms with Crippen molar-refractivity contribution in [3.63, 3.8) is 0 Å². The summed E-state index contributed by atoms with van der Waals surface area (Å²) >= 11 is 0. The monoisotopic (exact) mass is 411 g/mol. The van der Waals surface area contributed by atoms with Crippen LogP contribution in [0, 0.1) is 13.8 Å². The van der Waals surface area contributed by atoms with Crippen LogP contribution in [-0.4, -0.2) is 34.5 Å². The molecule has 0 saturated heterocycles. The number of aryl methyl sites for hydroxylation is 2. The molecule has 1 aliphatic rings. The van der Waals surface area contributed by atoms with E-state index in [0.717, 1.165) is 66.5 Å². The predicted octanol–water partition coefficient (Wildman–Crippen LogP) is 5.60. The summed E-state index contributed by atoms with van der Waals surface area (Å²) < 4.78 is 38.9. The Balaban J connectivity index is 1.40. The molecule has 0 unspecified atom stereocenters. The number of alkyl halides is 3. The molecule has 0 spiro atoms. The van der Waals surface area contributed by atoms with Gasteiger partial charge in [0.1, 0.15) is 0 Å². The molecule has 0 N–H and O–H groups in total. The summed E-state index contributed by atoms with van der Waals surface area (Å²) in [5, 5.41) is 0. The number of hydrogen-bond donors (Lipinski definition) is 0. The Bertz CT molecular complexity index is 1100. The number of benzene rings is 2. The third-order valence-corrected chi connectivity index (χ3v) is 5.71. The van der Waals surface area contributed by atoms with Crippen molar-refractivity contribution in [3.05, 3.63) is 76.6 Å².